The molecule has 104 valence electrons. The van der Waals surface area contributed by atoms with E-state index in [4.69, 9.17) is 11.6 Å². The maximum Gasteiger partial charge on any atom is 0.217 e. The van der Waals surface area contributed by atoms with Crippen molar-refractivity contribution < 1.29 is 0 Å². The number of fused-ring (bicyclic) bond motifs is 1. The van der Waals surface area contributed by atoms with Crippen LogP contribution in [-0.4, -0.2) is 0 Å². The fourth-order valence-electron chi connectivity index (χ4n) is 2.12. The molecule has 0 aromatic heterocycles. The second kappa shape index (κ2) is 5.14. The van der Waals surface area contributed by atoms with Crippen molar-refractivity contribution in [3.63, 3.8) is 0 Å². The van der Waals surface area contributed by atoms with E-state index in [1.54, 1.807) is 36.4 Å². The third-order valence-electron chi connectivity index (χ3n) is 3.32. The maximum atomic E-state index is 12.1. The summed E-state index contributed by atoms with van der Waals surface area (Å²) in [6, 6.07) is 12.0. The molecule has 0 bridgehead atoms. The van der Waals surface area contributed by atoms with Gasteiger partial charge in [0.05, 0.1) is 5.69 Å². The van der Waals surface area contributed by atoms with E-state index in [2.05, 4.69) is 10.5 Å². The highest BCUT2D eigenvalue weighted by Gasteiger charge is 2.09. The lowest BCUT2D eigenvalue weighted by molar-refractivity contribution is 1.20. The SMILES string of the molecule is Cc1ccc(NN=c2c(=O)c3ccccc3c2=O)cc1Cl. The van der Waals surface area contributed by atoms with Gasteiger partial charge in [-0.2, -0.15) is 5.10 Å². The van der Waals surface area contributed by atoms with E-state index in [1.165, 1.54) is 0 Å². The molecule has 0 aliphatic rings. The highest BCUT2D eigenvalue weighted by atomic mass is 35.5. The lowest BCUT2D eigenvalue weighted by atomic mass is 10.2. The molecule has 0 spiro atoms. The van der Waals surface area contributed by atoms with Gasteiger partial charge in [-0.15, -0.1) is 0 Å². The van der Waals surface area contributed by atoms with Crippen LogP contribution in [0.25, 0.3) is 10.8 Å². The van der Waals surface area contributed by atoms with Crippen LogP contribution >= 0.6 is 11.6 Å². The molecule has 1 N–H and O–H groups in total. The highest BCUT2D eigenvalue weighted by Crippen LogP contribution is 2.19. The lowest BCUT2D eigenvalue weighted by Crippen LogP contribution is -2.32. The molecule has 0 atom stereocenters. The van der Waals surface area contributed by atoms with Crippen molar-refractivity contribution in [3.8, 4) is 0 Å². The van der Waals surface area contributed by atoms with E-state index in [0.717, 1.165) is 5.56 Å². The molecule has 3 aromatic rings. The second-order valence-electron chi connectivity index (χ2n) is 4.74. The largest absolute Gasteiger partial charge is 0.287 e. The summed E-state index contributed by atoms with van der Waals surface area (Å²) in [5, 5.41) is 5.22. The van der Waals surface area contributed by atoms with E-state index in [0.29, 0.717) is 21.5 Å². The summed E-state index contributed by atoms with van der Waals surface area (Å²) in [7, 11) is 0. The fraction of sp³-hybridized carbons (Fsp3) is 0.0625. The summed E-state index contributed by atoms with van der Waals surface area (Å²) < 4.78 is 0. The third kappa shape index (κ3) is 2.34. The van der Waals surface area contributed by atoms with Gasteiger partial charge in [0, 0.05) is 15.8 Å². The van der Waals surface area contributed by atoms with Crippen molar-refractivity contribution in [2.75, 3.05) is 5.43 Å². The normalized spacial score (nSPS) is 10.8. The predicted molar refractivity (Wildman–Crippen MR) is 84.2 cm³/mol. The van der Waals surface area contributed by atoms with Crippen LogP contribution in [0.5, 0.6) is 0 Å². The minimum atomic E-state index is -0.360. The number of benzene rings is 2. The van der Waals surface area contributed by atoms with E-state index in [-0.39, 0.29) is 16.2 Å². The first-order chi connectivity index (χ1) is 10.1. The molecule has 3 rings (SSSR count). The summed E-state index contributed by atoms with van der Waals surface area (Å²) in [6.45, 7) is 1.89. The molecule has 0 saturated heterocycles. The first-order valence-electron chi connectivity index (χ1n) is 6.36. The Balaban J connectivity index is 2.10. The van der Waals surface area contributed by atoms with Crippen LogP contribution in [0.3, 0.4) is 0 Å². The van der Waals surface area contributed by atoms with Gasteiger partial charge >= 0.3 is 0 Å². The number of halogens is 1. The number of nitrogens with one attached hydrogen (secondary N) is 1. The standard InChI is InChI=1S/C16H11ClN2O2/c1-9-6-7-10(8-13(9)17)18-19-14-15(20)11-4-2-3-5-12(11)16(14)21/h2-8,18H,1H3. The van der Waals surface area contributed by atoms with Gasteiger partial charge in [0.25, 0.3) is 0 Å². The van der Waals surface area contributed by atoms with Crippen LogP contribution in [0.15, 0.2) is 57.2 Å². The number of hydrogen-bond donors (Lipinski definition) is 1. The molecule has 0 radical (unpaired) electrons. The Kier molecular flexibility index (Phi) is 3.31. The number of nitrogens with zero attached hydrogens (tertiary/aromatic N) is 1. The molecule has 3 aromatic carbocycles. The van der Waals surface area contributed by atoms with Gasteiger partial charge in [0.15, 0.2) is 5.36 Å². The van der Waals surface area contributed by atoms with Crippen LogP contribution in [-0.2, 0) is 0 Å². The molecular formula is C16H11ClN2O2. The Morgan fingerprint density at radius 3 is 2.19 bits per heavy atom. The number of hydrogen-bond acceptors (Lipinski definition) is 4. The highest BCUT2D eigenvalue weighted by molar-refractivity contribution is 6.31. The van der Waals surface area contributed by atoms with Gasteiger partial charge < -0.3 is 0 Å². The van der Waals surface area contributed by atoms with E-state index < -0.39 is 0 Å². The molecule has 4 nitrogen and oxygen atoms in total. The Bertz CT molecular complexity index is 936. The first-order valence-corrected chi connectivity index (χ1v) is 6.74. The van der Waals surface area contributed by atoms with Crippen molar-refractivity contribution >= 4 is 28.1 Å². The van der Waals surface area contributed by atoms with E-state index >= 15 is 0 Å². The molecule has 21 heavy (non-hydrogen) atoms. The van der Waals surface area contributed by atoms with Crippen molar-refractivity contribution in [2.45, 2.75) is 6.92 Å². The Labute approximate surface area is 125 Å². The van der Waals surface area contributed by atoms with Crippen molar-refractivity contribution in [1.82, 2.24) is 0 Å². The maximum absolute atomic E-state index is 12.1. The molecule has 0 saturated carbocycles. The van der Waals surface area contributed by atoms with E-state index in [1.807, 2.05) is 13.0 Å². The van der Waals surface area contributed by atoms with Crippen LogP contribution in [0, 0.1) is 6.92 Å². The summed E-state index contributed by atoms with van der Waals surface area (Å²) in [5.41, 5.74) is 3.55. The Morgan fingerprint density at radius 2 is 1.62 bits per heavy atom. The Hall–Kier alpha value is -2.46. The average Bonchev–Trinajstić information content (AvgIpc) is 2.73. The van der Waals surface area contributed by atoms with Crippen LogP contribution < -0.4 is 21.6 Å². The fourth-order valence-corrected chi connectivity index (χ4v) is 2.30. The number of aryl methyl sites for hydroxylation is 1. The summed E-state index contributed by atoms with van der Waals surface area (Å²) in [4.78, 5) is 24.3. The smallest absolute Gasteiger partial charge is 0.217 e. The zero-order valence-electron chi connectivity index (χ0n) is 11.2. The number of rotatable bonds is 2. The second-order valence-corrected chi connectivity index (χ2v) is 5.15. The molecule has 0 aliphatic carbocycles. The van der Waals surface area contributed by atoms with Gasteiger partial charge in [0.2, 0.25) is 10.9 Å². The van der Waals surface area contributed by atoms with Crippen LogP contribution in [0.1, 0.15) is 5.56 Å². The van der Waals surface area contributed by atoms with Gasteiger partial charge in [-0.25, -0.2) is 0 Å². The van der Waals surface area contributed by atoms with Gasteiger partial charge in [-0.05, 0) is 24.6 Å². The van der Waals surface area contributed by atoms with Crippen molar-refractivity contribution in [2.24, 2.45) is 5.10 Å². The van der Waals surface area contributed by atoms with Gasteiger partial charge in [-0.3, -0.25) is 15.0 Å². The first kappa shape index (κ1) is 13.5. The summed E-state index contributed by atoms with van der Waals surface area (Å²) in [6.07, 6.45) is 0. The molecule has 5 heteroatoms. The molecule has 0 aliphatic heterocycles. The lowest BCUT2D eigenvalue weighted by Gasteiger charge is -2.01. The van der Waals surface area contributed by atoms with Crippen LogP contribution in [0.2, 0.25) is 5.02 Å². The zero-order valence-corrected chi connectivity index (χ0v) is 11.9. The minimum Gasteiger partial charge on any atom is -0.287 e. The molecule has 0 amide bonds. The third-order valence-corrected chi connectivity index (χ3v) is 3.72. The molecule has 0 heterocycles. The summed E-state index contributed by atoms with van der Waals surface area (Å²) >= 11 is 6.02. The monoisotopic (exact) mass is 298 g/mol. The van der Waals surface area contributed by atoms with Gasteiger partial charge in [0.1, 0.15) is 0 Å². The number of anilines is 1. The van der Waals surface area contributed by atoms with Crippen molar-refractivity contribution in [1.29, 1.82) is 0 Å². The minimum absolute atomic E-state index is 0.104. The Morgan fingerprint density at radius 1 is 1.00 bits per heavy atom. The average molecular weight is 299 g/mol. The predicted octanol–water partition coefficient (Wildman–Crippen LogP) is 2.33. The van der Waals surface area contributed by atoms with Crippen LogP contribution in [0.4, 0.5) is 5.69 Å². The van der Waals surface area contributed by atoms with Crippen molar-refractivity contribution in [3.05, 3.63) is 78.9 Å². The molecule has 0 fully saturated rings. The van der Waals surface area contributed by atoms with Gasteiger partial charge in [-0.1, -0.05) is 41.9 Å². The zero-order chi connectivity index (χ0) is 15.0. The van der Waals surface area contributed by atoms with E-state index in [9.17, 15) is 9.59 Å². The molecule has 0 unspecified atom stereocenters. The molecular weight excluding hydrogens is 288 g/mol. The topological polar surface area (TPSA) is 58.5 Å². The summed E-state index contributed by atoms with van der Waals surface area (Å²) in [5.74, 6) is 0. The quantitative estimate of drug-likeness (QED) is 0.739.